The molecule has 0 aliphatic carbocycles. The van der Waals surface area contributed by atoms with Crippen molar-refractivity contribution in [1.82, 2.24) is 24.7 Å². The number of fused-ring (bicyclic) bond motifs is 1. The maximum absolute atomic E-state index is 12.4. The number of H-pyrrole nitrogens is 1. The van der Waals surface area contributed by atoms with Crippen molar-refractivity contribution in [3.8, 4) is 5.69 Å². The normalized spacial score (nSPS) is 11.0. The first-order valence-electron chi connectivity index (χ1n) is 8.39. The molecule has 7 heteroatoms. The Morgan fingerprint density at radius 1 is 1.19 bits per heavy atom. The van der Waals surface area contributed by atoms with Crippen LogP contribution in [0.25, 0.3) is 16.7 Å². The van der Waals surface area contributed by atoms with Crippen LogP contribution in [0.2, 0.25) is 0 Å². The molecule has 0 aliphatic heterocycles. The second kappa shape index (κ2) is 6.79. The number of para-hydroxylation sites is 3. The van der Waals surface area contributed by atoms with E-state index in [4.69, 9.17) is 0 Å². The van der Waals surface area contributed by atoms with E-state index in [9.17, 15) is 4.79 Å². The van der Waals surface area contributed by atoms with Crippen molar-refractivity contribution in [2.45, 2.75) is 19.8 Å². The summed E-state index contributed by atoms with van der Waals surface area (Å²) in [6.45, 7) is 2.03. The molecule has 4 aromatic rings. The van der Waals surface area contributed by atoms with Gasteiger partial charge in [-0.3, -0.25) is 4.79 Å². The van der Waals surface area contributed by atoms with Crippen LogP contribution in [-0.2, 0) is 11.2 Å². The lowest BCUT2D eigenvalue weighted by Crippen LogP contribution is -2.14. The Hall–Kier alpha value is -3.48. The van der Waals surface area contributed by atoms with E-state index in [1.165, 1.54) is 6.33 Å². The topological polar surface area (TPSA) is 88.5 Å². The van der Waals surface area contributed by atoms with Gasteiger partial charge in [0.2, 0.25) is 5.91 Å². The molecule has 130 valence electrons. The standard InChI is InChI=1S/C19H18N6O/c1-13-5-4-7-15-19(13)24-17(22-15)9-10-18(26)23-14-6-2-3-8-16(14)25-12-20-11-21-25/h2-8,11-12H,9-10H2,1H3,(H,22,24)(H,23,26). The molecule has 0 saturated heterocycles. The molecule has 0 aliphatic rings. The number of benzene rings is 2. The minimum absolute atomic E-state index is 0.0743. The molecule has 4 rings (SSSR count). The highest BCUT2D eigenvalue weighted by Gasteiger charge is 2.11. The highest BCUT2D eigenvalue weighted by Crippen LogP contribution is 2.19. The zero-order valence-corrected chi connectivity index (χ0v) is 14.3. The van der Waals surface area contributed by atoms with Crippen molar-refractivity contribution in [2.24, 2.45) is 0 Å². The number of rotatable bonds is 5. The van der Waals surface area contributed by atoms with Gasteiger partial charge in [-0.15, -0.1) is 0 Å². The van der Waals surface area contributed by atoms with E-state index in [1.807, 2.05) is 49.4 Å². The van der Waals surface area contributed by atoms with Crippen molar-refractivity contribution in [3.63, 3.8) is 0 Å². The lowest BCUT2D eigenvalue weighted by Gasteiger charge is -2.10. The first kappa shape index (κ1) is 16.0. The second-order valence-electron chi connectivity index (χ2n) is 6.06. The number of aromatic nitrogens is 5. The third kappa shape index (κ3) is 3.19. The lowest BCUT2D eigenvalue weighted by molar-refractivity contribution is -0.116. The molecule has 26 heavy (non-hydrogen) atoms. The number of nitrogens with zero attached hydrogens (tertiary/aromatic N) is 4. The van der Waals surface area contributed by atoms with Crippen LogP contribution in [-0.4, -0.2) is 30.6 Å². The Morgan fingerprint density at radius 3 is 2.88 bits per heavy atom. The van der Waals surface area contributed by atoms with E-state index in [2.05, 4.69) is 25.4 Å². The number of carbonyl (C=O) groups is 1. The van der Waals surface area contributed by atoms with E-state index < -0.39 is 0 Å². The molecule has 0 unspecified atom stereocenters. The summed E-state index contributed by atoms with van der Waals surface area (Å²) in [5.41, 5.74) is 4.55. The van der Waals surface area contributed by atoms with Gasteiger partial charge in [-0.25, -0.2) is 14.6 Å². The average molecular weight is 346 g/mol. The third-order valence-corrected chi connectivity index (χ3v) is 4.20. The van der Waals surface area contributed by atoms with Crippen LogP contribution in [0.15, 0.2) is 55.1 Å². The van der Waals surface area contributed by atoms with E-state index in [0.29, 0.717) is 18.5 Å². The molecule has 0 saturated carbocycles. The van der Waals surface area contributed by atoms with Gasteiger partial charge >= 0.3 is 0 Å². The van der Waals surface area contributed by atoms with Crippen LogP contribution >= 0.6 is 0 Å². The molecule has 0 radical (unpaired) electrons. The largest absolute Gasteiger partial charge is 0.342 e. The maximum atomic E-state index is 12.4. The van der Waals surface area contributed by atoms with E-state index in [1.54, 1.807) is 11.0 Å². The fourth-order valence-corrected chi connectivity index (χ4v) is 2.90. The number of carbonyl (C=O) groups excluding carboxylic acids is 1. The highest BCUT2D eigenvalue weighted by molar-refractivity contribution is 5.93. The molecular formula is C19H18N6O. The molecule has 7 nitrogen and oxygen atoms in total. The van der Waals surface area contributed by atoms with Gasteiger partial charge in [0.15, 0.2) is 0 Å². The first-order valence-corrected chi connectivity index (χ1v) is 8.39. The van der Waals surface area contributed by atoms with Gasteiger partial charge in [0.25, 0.3) is 0 Å². The quantitative estimate of drug-likeness (QED) is 0.581. The Labute approximate surface area is 150 Å². The molecule has 1 amide bonds. The van der Waals surface area contributed by atoms with Crippen LogP contribution in [0.5, 0.6) is 0 Å². The zero-order chi connectivity index (χ0) is 17.9. The van der Waals surface area contributed by atoms with E-state index in [0.717, 1.165) is 28.1 Å². The van der Waals surface area contributed by atoms with E-state index in [-0.39, 0.29) is 5.91 Å². The number of imidazole rings is 1. The summed E-state index contributed by atoms with van der Waals surface area (Å²) in [6.07, 6.45) is 3.94. The smallest absolute Gasteiger partial charge is 0.224 e. The van der Waals surface area contributed by atoms with Gasteiger partial charge in [-0.2, -0.15) is 5.10 Å². The third-order valence-electron chi connectivity index (χ3n) is 4.20. The Kier molecular flexibility index (Phi) is 4.18. The van der Waals surface area contributed by atoms with Crippen LogP contribution in [0.1, 0.15) is 17.8 Å². The SMILES string of the molecule is Cc1cccc2[nH]c(CCC(=O)Nc3ccccc3-n3cncn3)nc12. The second-order valence-corrected chi connectivity index (χ2v) is 6.06. The van der Waals surface area contributed by atoms with Crippen molar-refractivity contribution in [2.75, 3.05) is 5.32 Å². The Bertz CT molecular complexity index is 1050. The Balaban J connectivity index is 1.45. The van der Waals surface area contributed by atoms with Crippen molar-refractivity contribution >= 4 is 22.6 Å². The lowest BCUT2D eigenvalue weighted by atomic mass is 10.2. The summed E-state index contributed by atoms with van der Waals surface area (Å²) in [4.78, 5) is 24.2. The van der Waals surface area contributed by atoms with Crippen LogP contribution in [0.3, 0.4) is 0 Å². The molecule has 2 heterocycles. The van der Waals surface area contributed by atoms with Crippen molar-refractivity contribution < 1.29 is 4.79 Å². The average Bonchev–Trinajstić information content (AvgIpc) is 3.31. The van der Waals surface area contributed by atoms with Gasteiger partial charge in [0.1, 0.15) is 18.5 Å². The fourth-order valence-electron chi connectivity index (χ4n) is 2.90. The molecule has 0 bridgehead atoms. The highest BCUT2D eigenvalue weighted by atomic mass is 16.1. The zero-order valence-electron chi connectivity index (χ0n) is 14.3. The minimum Gasteiger partial charge on any atom is -0.342 e. The first-order chi connectivity index (χ1) is 12.7. The number of nitrogens with one attached hydrogen (secondary N) is 2. The van der Waals surface area contributed by atoms with Gasteiger partial charge < -0.3 is 10.3 Å². The fraction of sp³-hybridized carbons (Fsp3) is 0.158. The molecular weight excluding hydrogens is 328 g/mol. The predicted octanol–water partition coefficient (Wildman–Crippen LogP) is 3.02. The maximum Gasteiger partial charge on any atom is 0.224 e. The van der Waals surface area contributed by atoms with Gasteiger partial charge in [-0.1, -0.05) is 24.3 Å². The number of hydrogen-bond donors (Lipinski definition) is 2. The van der Waals surface area contributed by atoms with Crippen molar-refractivity contribution in [1.29, 1.82) is 0 Å². The summed E-state index contributed by atoms with van der Waals surface area (Å²) in [7, 11) is 0. The molecule has 0 fully saturated rings. The van der Waals surface area contributed by atoms with Crippen LogP contribution in [0, 0.1) is 6.92 Å². The number of hydrogen-bond acceptors (Lipinski definition) is 4. The van der Waals surface area contributed by atoms with Gasteiger partial charge in [0, 0.05) is 12.8 Å². The van der Waals surface area contributed by atoms with Gasteiger partial charge in [0.05, 0.1) is 22.4 Å². The summed E-state index contributed by atoms with van der Waals surface area (Å²) >= 11 is 0. The summed E-state index contributed by atoms with van der Waals surface area (Å²) in [5, 5.41) is 7.06. The molecule has 2 aromatic carbocycles. The summed E-state index contributed by atoms with van der Waals surface area (Å²) < 4.78 is 1.62. The van der Waals surface area contributed by atoms with Crippen LogP contribution in [0.4, 0.5) is 5.69 Å². The minimum atomic E-state index is -0.0743. The number of anilines is 1. The summed E-state index contributed by atoms with van der Waals surface area (Å²) in [6, 6.07) is 13.5. The monoisotopic (exact) mass is 346 g/mol. The van der Waals surface area contributed by atoms with Crippen molar-refractivity contribution in [3.05, 3.63) is 66.5 Å². The number of aromatic amines is 1. The number of aryl methyl sites for hydroxylation is 2. The predicted molar refractivity (Wildman–Crippen MR) is 99.1 cm³/mol. The molecule has 0 spiro atoms. The number of amides is 1. The van der Waals surface area contributed by atoms with Crippen LogP contribution < -0.4 is 5.32 Å². The molecule has 0 atom stereocenters. The molecule has 2 N–H and O–H groups in total. The summed E-state index contributed by atoms with van der Waals surface area (Å²) in [5.74, 6) is 0.740. The van der Waals surface area contributed by atoms with E-state index >= 15 is 0 Å². The Morgan fingerprint density at radius 2 is 2.08 bits per heavy atom. The van der Waals surface area contributed by atoms with Gasteiger partial charge in [-0.05, 0) is 30.7 Å². The molecule has 2 aromatic heterocycles.